The molecule has 1 aliphatic rings. The van der Waals surface area contributed by atoms with Crippen molar-refractivity contribution >= 4 is 21.7 Å². The number of carbonyl (C=O) groups is 1. The number of anilines is 1. The van der Waals surface area contributed by atoms with Crippen LogP contribution in [-0.2, 0) is 10.0 Å². The molecule has 22 heavy (non-hydrogen) atoms. The van der Waals surface area contributed by atoms with Crippen LogP contribution in [0.3, 0.4) is 0 Å². The molecule has 0 aliphatic carbocycles. The van der Waals surface area contributed by atoms with Crippen LogP contribution in [0.4, 0.5) is 10.5 Å². The average Bonchev–Trinajstić information content (AvgIpc) is 2.96. The summed E-state index contributed by atoms with van der Waals surface area (Å²) in [5.41, 5.74) is 0.281. The van der Waals surface area contributed by atoms with E-state index in [1.807, 2.05) is 12.2 Å². The number of para-hydroxylation sites is 1. The molecule has 0 aromatic heterocycles. The van der Waals surface area contributed by atoms with Crippen molar-refractivity contribution < 1.29 is 13.2 Å². The lowest BCUT2D eigenvalue weighted by Crippen LogP contribution is -2.39. The fourth-order valence-corrected chi connectivity index (χ4v) is 3.34. The first kappa shape index (κ1) is 16.5. The molecule has 0 saturated heterocycles. The lowest BCUT2D eigenvalue weighted by Gasteiger charge is -2.25. The summed E-state index contributed by atoms with van der Waals surface area (Å²) < 4.78 is 26.3. The molecule has 1 aromatic carbocycles. The van der Waals surface area contributed by atoms with Crippen molar-refractivity contribution in [1.29, 1.82) is 0 Å². The van der Waals surface area contributed by atoms with Gasteiger partial charge in [-0.15, -0.1) is 0 Å². The van der Waals surface area contributed by atoms with Gasteiger partial charge in [0.2, 0.25) is 10.0 Å². The number of sulfonamides is 1. The predicted octanol–water partition coefficient (Wildman–Crippen LogP) is 2.17. The van der Waals surface area contributed by atoms with Gasteiger partial charge in [0.1, 0.15) is 4.90 Å². The minimum Gasteiger partial charge on any atom is -0.314 e. The Morgan fingerprint density at radius 1 is 1.36 bits per heavy atom. The van der Waals surface area contributed by atoms with E-state index in [9.17, 15) is 13.2 Å². The fourth-order valence-electron chi connectivity index (χ4n) is 2.45. The maximum absolute atomic E-state index is 12.4. The monoisotopic (exact) mass is 323 g/mol. The Labute approximate surface area is 131 Å². The van der Waals surface area contributed by atoms with E-state index < -0.39 is 10.0 Å². The maximum Gasteiger partial charge on any atom is 0.322 e. The van der Waals surface area contributed by atoms with Crippen molar-refractivity contribution in [2.45, 2.75) is 30.7 Å². The number of benzene rings is 1. The molecule has 0 bridgehead atoms. The van der Waals surface area contributed by atoms with Crippen LogP contribution in [-0.4, -0.2) is 39.0 Å². The number of hydrogen-bond donors (Lipinski definition) is 2. The zero-order chi connectivity index (χ0) is 16.2. The highest BCUT2D eigenvalue weighted by Gasteiger charge is 2.25. The van der Waals surface area contributed by atoms with E-state index in [0.29, 0.717) is 6.54 Å². The zero-order valence-electron chi connectivity index (χ0n) is 12.7. The summed E-state index contributed by atoms with van der Waals surface area (Å²) >= 11 is 0. The highest BCUT2D eigenvalue weighted by Crippen LogP contribution is 2.22. The highest BCUT2D eigenvalue weighted by atomic mass is 32.2. The molecule has 1 aromatic rings. The number of urea groups is 1. The summed E-state index contributed by atoms with van der Waals surface area (Å²) in [6.45, 7) is 2.61. The van der Waals surface area contributed by atoms with E-state index in [1.165, 1.54) is 13.1 Å². The number of nitrogens with zero attached hydrogens (tertiary/aromatic N) is 1. The van der Waals surface area contributed by atoms with Crippen LogP contribution in [0.1, 0.15) is 19.8 Å². The first-order chi connectivity index (χ1) is 10.5. The average molecular weight is 323 g/mol. The van der Waals surface area contributed by atoms with E-state index >= 15 is 0 Å². The molecule has 1 aliphatic heterocycles. The fraction of sp³-hybridized carbons (Fsp3) is 0.400. The Morgan fingerprint density at radius 3 is 2.77 bits per heavy atom. The second-order valence-electron chi connectivity index (χ2n) is 5.07. The maximum atomic E-state index is 12.4. The van der Waals surface area contributed by atoms with Crippen LogP contribution in [0.5, 0.6) is 0 Å². The Balaban J connectivity index is 2.20. The van der Waals surface area contributed by atoms with Crippen LogP contribution in [0, 0.1) is 0 Å². The molecule has 2 N–H and O–H groups in total. The highest BCUT2D eigenvalue weighted by molar-refractivity contribution is 7.89. The minimum absolute atomic E-state index is 0.0602. The van der Waals surface area contributed by atoms with Gasteiger partial charge in [-0.2, -0.15) is 0 Å². The standard InChI is InChI=1S/C15H21N3O3S/c1-3-7-12-8-6-11-18(12)15(19)17-13-9-4-5-10-14(13)22(20,21)16-2/h4-6,8-10,12,16H,3,7,11H2,1-2H3,(H,17,19). The van der Waals surface area contributed by atoms with Gasteiger partial charge in [0.05, 0.1) is 11.7 Å². The largest absolute Gasteiger partial charge is 0.322 e. The van der Waals surface area contributed by atoms with Gasteiger partial charge in [-0.1, -0.05) is 37.6 Å². The van der Waals surface area contributed by atoms with Gasteiger partial charge in [0.15, 0.2) is 0 Å². The number of amides is 2. The van der Waals surface area contributed by atoms with E-state index in [1.54, 1.807) is 23.1 Å². The van der Waals surface area contributed by atoms with Crippen molar-refractivity contribution in [3.8, 4) is 0 Å². The molecular weight excluding hydrogens is 302 g/mol. The zero-order valence-corrected chi connectivity index (χ0v) is 13.6. The Morgan fingerprint density at radius 2 is 2.09 bits per heavy atom. The lowest BCUT2D eigenvalue weighted by molar-refractivity contribution is 0.208. The molecule has 1 unspecified atom stereocenters. The molecule has 0 fully saturated rings. The number of carbonyl (C=O) groups excluding carboxylic acids is 1. The predicted molar refractivity (Wildman–Crippen MR) is 86.2 cm³/mol. The molecule has 120 valence electrons. The summed E-state index contributed by atoms with van der Waals surface area (Å²) in [4.78, 5) is 14.2. The summed E-state index contributed by atoms with van der Waals surface area (Å²) in [7, 11) is -2.28. The van der Waals surface area contributed by atoms with Gasteiger partial charge in [0, 0.05) is 6.54 Å². The molecule has 0 radical (unpaired) electrons. The van der Waals surface area contributed by atoms with Gasteiger partial charge in [0.25, 0.3) is 0 Å². The topological polar surface area (TPSA) is 78.5 Å². The normalized spacial score (nSPS) is 17.7. The van der Waals surface area contributed by atoms with Gasteiger partial charge < -0.3 is 10.2 Å². The van der Waals surface area contributed by atoms with Crippen molar-refractivity contribution in [2.24, 2.45) is 0 Å². The second-order valence-corrected chi connectivity index (χ2v) is 6.93. The third-order valence-corrected chi connectivity index (χ3v) is 5.07. The molecule has 1 atom stereocenters. The van der Waals surface area contributed by atoms with Crippen molar-refractivity contribution in [2.75, 3.05) is 18.9 Å². The number of rotatable bonds is 5. The smallest absolute Gasteiger partial charge is 0.314 e. The molecule has 2 amide bonds. The summed E-state index contributed by atoms with van der Waals surface area (Å²) in [6, 6.07) is 6.14. The Hall–Kier alpha value is -1.86. The van der Waals surface area contributed by atoms with E-state index in [2.05, 4.69) is 17.0 Å². The van der Waals surface area contributed by atoms with Crippen LogP contribution in [0.25, 0.3) is 0 Å². The lowest BCUT2D eigenvalue weighted by atomic mass is 10.2. The minimum atomic E-state index is -3.62. The van der Waals surface area contributed by atoms with E-state index in [-0.39, 0.29) is 22.7 Å². The Kier molecular flexibility index (Phi) is 5.20. The van der Waals surface area contributed by atoms with Crippen molar-refractivity contribution in [3.05, 3.63) is 36.4 Å². The van der Waals surface area contributed by atoms with Crippen LogP contribution >= 0.6 is 0 Å². The molecule has 6 nitrogen and oxygen atoms in total. The third kappa shape index (κ3) is 3.48. The van der Waals surface area contributed by atoms with Crippen LogP contribution in [0.2, 0.25) is 0 Å². The van der Waals surface area contributed by atoms with Gasteiger partial charge in [-0.3, -0.25) is 0 Å². The molecular formula is C15H21N3O3S. The third-order valence-electron chi connectivity index (χ3n) is 3.59. The number of hydrogen-bond acceptors (Lipinski definition) is 3. The second kappa shape index (κ2) is 6.93. The quantitative estimate of drug-likeness (QED) is 0.815. The van der Waals surface area contributed by atoms with Gasteiger partial charge in [-0.25, -0.2) is 17.9 Å². The molecule has 7 heteroatoms. The van der Waals surface area contributed by atoms with Crippen LogP contribution < -0.4 is 10.0 Å². The first-order valence-corrected chi connectivity index (χ1v) is 8.74. The first-order valence-electron chi connectivity index (χ1n) is 7.26. The van der Waals surface area contributed by atoms with E-state index in [0.717, 1.165) is 12.8 Å². The van der Waals surface area contributed by atoms with Crippen LogP contribution in [0.15, 0.2) is 41.3 Å². The van der Waals surface area contributed by atoms with Crippen molar-refractivity contribution in [3.63, 3.8) is 0 Å². The van der Waals surface area contributed by atoms with E-state index in [4.69, 9.17) is 0 Å². The summed E-state index contributed by atoms with van der Waals surface area (Å²) in [5.74, 6) is 0. The van der Waals surface area contributed by atoms with Gasteiger partial charge in [-0.05, 0) is 25.6 Å². The molecule has 2 rings (SSSR count). The van der Waals surface area contributed by atoms with Crippen molar-refractivity contribution in [1.82, 2.24) is 9.62 Å². The number of nitrogens with one attached hydrogen (secondary N) is 2. The molecule has 0 spiro atoms. The summed E-state index contributed by atoms with van der Waals surface area (Å²) in [6.07, 6.45) is 5.83. The molecule has 1 heterocycles. The summed E-state index contributed by atoms with van der Waals surface area (Å²) in [5, 5.41) is 2.71. The molecule has 0 saturated carbocycles. The van der Waals surface area contributed by atoms with Gasteiger partial charge >= 0.3 is 6.03 Å². The Bertz CT molecular complexity index is 670. The SMILES string of the molecule is CCCC1C=CCN1C(=O)Nc1ccccc1S(=O)(=O)NC.